The highest BCUT2D eigenvalue weighted by Gasteiger charge is 2.22. The van der Waals surface area contributed by atoms with Crippen LogP contribution in [-0.2, 0) is 0 Å². The van der Waals surface area contributed by atoms with Crippen molar-refractivity contribution in [3.63, 3.8) is 0 Å². The van der Waals surface area contributed by atoms with Crippen molar-refractivity contribution in [2.24, 2.45) is 0 Å². The van der Waals surface area contributed by atoms with Crippen LogP contribution < -0.4 is 10.1 Å². The summed E-state index contributed by atoms with van der Waals surface area (Å²) in [5.74, 6) is -1.65. The minimum atomic E-state index is -0.677. The van der Waals surface area contributed by atoms with E-state index in [0.717, 1.165) is 0 Å². The van der Waals surface area contributed by atoms with Crippen LogP contribution in [0.25, 0.3) is 0 Å². The summed E-state index contributed by atoms with van der Waals surface area (Å²) in [6.45, 7) is 1.27. The van der Waals surface area contributed by atoms with Gasteiger partial charge in [0.1, 0.15) is 6.10 Å². The van der Waals surface area contributed by atoms with Crippen molar-refractivity contribution in [2.75, 3.05) is 13.1 Å². The predicted molar refractivity (Wildman–Crippen MR) is 51.3 cm³/mol. The van der Waals surface area contributed by atoms with E-state index in [0.29, 0.717) is 17.6 Å². The van der Waals surface area contributed by atoms with E-state index in [4.69, 9.17) is 4.74 Å². The molecule has 0 aliphatic carbocycles. The number of nitrogens with one attached hydrogen (secondary N) is 1. The van der Waals surface area contributed by atoms with Crippen LogP contribution in [0.1, 0.15) is 0 Å². The van der Waals surface area contributed by atoms with E-state index in [1.807, 2.05) is 0 Å². The van der Waals surface area contributed by atoms with Gasteiger partial charge in [-0.25, -0.2) is 8.78 Å². The van der Waals surface area contributed by atoms with Crippen LogP contribution >= 0.6 is 15.9 Å². The third-order valence-electron chi connectivity index (χ3n) is 1.99. The highest BCUT2D eigenvalue weighted by Crippen LogP contribution is 2.27. The molecule has 0 bridgehead atoms. The SMILES string of the molecule is Fc1cc(Br)cc(F)c1OC1CNC1. The van der Waals surface area contributed by atoms with Gasteiger partial charge < -0.3 is 10.1 Å². The van der Waals surface area contributed by atoms with E-state index < -0.39 is 11.6 Å². The second-order valence-electron chi connectivity index (χ2n) is 3.10. The number of benzene rings is 1. The zero-order valence-corrected chi connectivity index (χ0v) is 8.77. The van der Waals surface area contributed by atoms with Gasteiger partial charge in [0.2, 0.25) is 0 Å². The van der Waals surface area contributed by atoms with Crippen LogP contribution in [0.15, 0.2) is 16.6 Å². The average molecular weight is 264 g/mol. The molecule has 14 heavy (non-hydrogen) atoms. The molecule has 0 radical (unpaired) electrons. The Bertz CT molecular complexity index is 332. The zero-order valence-electron chi connectivity index (χ0n) is 7.19. The maximum atomic E-state index is 13.2. The van der Waals surface area contributed by atoms with Gasteiger partial charge in [0.05, 0.1) is 0 Å². The molecule has 0 atom stereocenters. The summed E-state index contributed by atoms with van der Waals surface area (Å²) in [5.41, 5.74) is 0. The van der Waals surface area contributed by atoms with Crippen LogP contribution in [0.2, 0.25) is 0 Å². The Labute approximate surface area is 88.4 Å². The minimum absolute atomic E-state index is 0.125. The largest absolute Gasteiger partial charge is 0.482 e. The summed E-state index contributed by atoms with van der Waals surface area (Å²) in [6, 6.07) is 2.37. The van der Waals surface area contributed by atoms with Crippen molar-refractivity contribution < 1.29 is 13.5 Å². The second kappa shape index (κ2) is 3.82. The molecule has 5 heteroatoms. The highest BCUT2D eigenvalue weighted by atomic mass is 79.9. The Kier molecular flexibility index (Phi) is 2.69. The van der Waals surface area contributed by atoms with Gasteiger partial charge in [0.25, 0.3) is 0 Å². The van der Waals surface area contributed by atoms with Gasteiger partial charge in [0, 0.05) is 17.6 Å². The van der Waals surface area contributed by atoms with E-state index in [1.54, 1.807) is 0 Å². The molecule has 0 saturated carbocycles. The molecule has 2 rings (SSSR count). The Hall–Kier alpha value is -0.680. The Morgan fingerprint density at radius 1 is 1.29 bits per heavy atom. The van der Waals surface area contributed by atoms with E-state index >= 15 is 0 Å². The number of rotatable bonds is 2. The third kappa shape index (κ3) is 1.88. The number of hydrogen-bond donors (Lipinski definition) is 1. The molecule has 0 spiro atoms. The summed E-state index contributed by atoms with van der Waals surface area (Å²) in [5, 5.41) is 2.95. The first-order valence-electron chi connectivity index (χ1n) is 4.19. The molecule has 1 aromatic carbocycles. The molecule has 1 fully saturated rings. The fourth-order valence-corrected chi connectivity index (χ4v) is 1.56. The van der Waals surface area contributed by atoms with Gasteiger partial charge in [-0.2, -0.15) is 0 Å². The maximum Gasteiger partial charge on any atom is 0.191 e. The van der Waals surface area contributed by atoms with Crippen molar-refractivity contribution >= 4 is 15.9 Å². The Morgan fingerprint density at radius 3 is 2.29 bits per heavy atom. The normalized spacial score (nSPS) is 16.5. The van der Waals surface area contributed by atoms with Crippen LogP contribution in [0.4, 0.5) is 8.78 Å². The Morgan fingerprint density at radius 2 is 1.86 bits per heavy atom. The molecular weight excluding hydrogens is 256 g/mol. The minimum Gasteiger partial charge on any atom is -0.482 e. The first kappa shape index (κ1) is 9.86. The molecular formula is C9H8BrF2NO. The third-order valence-corrected chi connectivity index (χ3v) is 2.45. The van der Waals surface area contributed by atoms with Crippen molar-refractivity contribution in [1.82, 2.24) is 5.32 Å². The van der Waals surface area contributed by atoms with Gasteiger partial charge in [-0.05, 0) is 12.1 Å². The molecule has 1 heterocycles. The molecule has 0 amide bonds. The fourth-order valence-electron chi connectivity index (χ4n) is 1.15. The van der Waals surface area contributed by atoms with Crippen LogP contribution in [0.3, 0.4) is 0 Å². The monoisotopic (exact) mass is 263 g/mol. The smallest absolute Gasteiger partial charge is 0.191 e. The summed E-state index contributed by atoms with van der Waals surface area (Å²) >= 11 is 3.00. The Balaban J connectivity index is 2.22. The van der Waals surface area contributed by atoms with Crippen molar-refractivity contribution in [3.05, 3.63) is 28.2 Å². The molecule has 1 aliphatic rings. The van der Waals surface area contributed by atoms with Crippen molar-refractivity contribution in [3.8, 4) is 5.75 Å². The van der Waals surface area contributed by atoms with Crippen molar-refractivity contribution in [2.45, 2.75) is 6.10 Å². The highest BCUT2D eigenvalue weighted by molar-refractivity contribution is 9.10. The van der Waals surface area contributed by atoms with Crippen molar-refractivity contribution in [1.29, 1.82) is 0 Å². The molecule has 1 aliphatic heterocycles. The standard InChI is InChI=1S/C9H8BrF2NO/c10-5-1-7(11)9(8(12)2-5)14-6-3-13-4-6/h1-2,6,13H,3-4H2. The van der Waals surface area contributed by atoms with Gasteiger partial charge in [0.15, 0.2) is 17.4 Å². The quantitative estimate of drug-likeness (QED) is 0.883. The molecule has 76 valence electrons. The number of ether oxygens (including phenoxy) is 1. The summed E-state index contributed by atoms with van der Waals surface area (Å²) < 4.78 is 31.9. The van der Waals surface area contributed by atoms with Gasteiger partial charge in [-0.1, -0.05) is 15.9 Å². The lowest BCUT2D eigenvalue weighted by Gasteiger charge is -2.28. The average Bonchev–Trinajstić information content (AvgIpc) is 1.98. The zero-order chi connectivity index (χ0) is 10.1. The number of hydrogen-bond acceptors (Lipinski definition) is 2. The lowest BCUT2D eigenvalue weighted by atomic mass is 10.2. The second-order valence-corrected chi connectivity index (χ2v) is 4.01. The van der Waals surface area contributed by atoms with Gasteiger partial charge >= 0.3 is 0 Å². The molecule has 2 nitrogen and oxygen atoms in total. The predicted octanol–water partition coefficient (Wildman–Crippen LogP) is 2.08. The molecule has 0 unspecified atom stereocenters. The molecule has 1 N–H and O–H groups in total. The summed E-state index contributed by atoms with van der Waals surface area (Å²) in [4.78, 5) is 0. The van der Waals surface area contributed by atoms with E-state index in [-0.39, 0.29) is 11.9 Å². The van der Waals surface area contributed by atoms with E-state index in [1.165, 1.54) is 12.1 Å². The summed E-state index contributed by atoms with van der Waals surface area (Å²) in [7, 11) is 0. The van der Waals surface area contributed by atoms with E-state index in [2.05, 4.69) is 21.2 Å². The topological polar surface area (TPSA) is 21.3 Å². The fraction of sp³-hybridized carbons (Fsp3) is 0.333. The lowest BCUT2D eigenvalue weighted by Crippen LogP contribution is -2.50. The first-order valence-corrected chi connectivity index (χ1v) is 4.98. The van der Waals surface area contributed by atoms with Crippen LogP contribution in [0.5, 0.6) is 5.75 Å². The number of halogens is 3. The van der Waals surface area contributed by atoms with E-state index in [9.17, 15) is 8.78 Å². The maximum absolute atomic E-state index is 13.2. The first-order chi connectivity index (χ1) is 6.66. The lowest BCUT2D eigenvalue weighted by molar-refractivity contribution is 0.130. The van der Waals surface area contributed by atoms with Gasteiger partial charge in [-0.15, -0.1) is 0 Å². The summed E-state index contributed by atoms with van der Waals surface area (Å²) in [6.07, 6.45) is -0.125. The molecule has 1 aromatic rings. The van der Waals surface area contributed by atoms with Crippen LogP contribution in [0, 0.1) is 11.6 Å². The van der Waals surface area contributed by atoms with Crippen LogP contribution in [-0.4, -0.2) is 19.2 Å². The molecule has 1 saturated heterocycles. The van der Waals surface area contributed by atoms with Gasteiger partial charge in [-0.3, -0.25) is 0 Å². The molecule has 0 aromatic heterocycles.